The number of benzene rings is 1. The van der Waals surface area contributed by atoms with Crippen molar-refractivity contribution in [3.8, 4) is 0 Å². The van der Waals surface area contributed by atoms with Crippen molar-refractivity contribution in [3.63, 3.8) is 0 Å². The summed E-state index contributed by atoms with van der Waals surface area (Å²) in [6.07, 6.45) is 1.37. The van der Waals surface area contributed by atoms with Gasteiger partial charge in [-0.2, -0.15) is 0 Å². The second-order valence-electron chi connectivity index (χ2n) is 5.36. The monoisotopic (exact) mass is 248 g/mol. The van der Waals surface area contributed by atoms with Crippen LogP contribution in [-0.4, -0.2) is 17.7 Å². The van der Waals surface area contributed by atoms with Gasteiger partial charge in [0.1, 0.15) is 0 Å². The summed E-state index contributed by atoms with van der Waals surface area (Å²) in [5.74, 6) is -0.532. The van der Waals surface area contributed by atoms with Crippen LogP contribution in [0.25, 0.3) is 0 Å². The Labute approximate surface area is 108 Å². The molecule has 2 unspecified atom stereocenters. The zero-order valence-corrected chi connectivity index (χ0v) is 10.9. The molecule has 0 saturated carbocycles. The number of hydrogen-bond acceptors (Lipinski definition) is 2. The molecular weight excluding hydrogens is 228 g/mol. The highest BCUT2D eigenvalue weighted by atomic mass is 16.5. The average molecular weight is 248 g/mol. The zero-order valence-electron chi connectivity index (χ0n) is 10.9. The Morgan fingerprint density at radius 2 is 2.06 bits per heavy atom. The fourth-order valence-corrected chi connectivity index (χ4v) is 2.49. The fourth-order valence-electron chi connectivity index (χ4n) is 2.49. The van der Waals surface area contributed by atoms with Gasteiger partial charge in [0.25, 0.3) is 0 Å². The van der Waals surface area contributed by atoms with Crippen LogP contribution in [0.1, 0.15) is 37.5 Å². The van der Waals surface area contributed by atoms with E-state index in [0.29, 0.717) is 18.9 Å². The fraction of sp³-hybridized carbons (Fsp3) is 0.533. The maximum Gasteiger partial charge on any atom is 0.309 e. The minimum atomic E-state index is -0.760. The van der Waals surface area contributed by atoms with Crippen LogP contribution in [-0.2, 0) is 16.0 Å². The van der Waals surface area contributed by atoms with Crippen molar-refractivity contribution in [2.24, 2.45) is 11.8 Å². The number of carbonyl (C=O) groups is 1. The first-order valence-electron chi connectivity index (χ1n) is 6.51. The summed E-state index contributed by atoms with van der Waals surface area (Å²) < 4.78 is 5.55. The molecule has 1 aromatic rings. The molecule has 0 aromatic heterocycles. The maximum atomic E-state index is 11.1. The van der Waals surface area contributed by atoms with Gasteiger partial charge in [0.05, 0.1) is 12.0 Å². The Morgan fingerprint density at radius 1 is 1.39 bits per heavy atom. The van der Waals surface area contributed by atoms with E-state index < -0.39 is 11.9 Å². The second kappa shape index (κ2) is 5.53. The van der Waals surface area contributed by atoms with Gasteiger partial charge < -0.3 is 9.84 Å². The predicted molar refractivity (Wildman–Crippen MR) is 69.4 cm³/mol. The standard InChI is InChI=1S/C15H20O3/c1-10(2)9-11-3-5-12(6-4-11)14-13(15(16)17)7-8-18-14/h3-6,10,13-14H,7-9H2,1-2H3,(H,16,17). The Hall–Kier alpha value is -1.35. The third kappa shape index (κ3) is 2.91. The summed E-state index contributed by atoms with van der Waals surface area (Å²) in [5, 5.41) is 9.14. The van der Waals surface area contributed by atoms with Gasteiger partial charge in [-0.1, -0.05) is 38.1 Å². The number of aliphatic carboxylic acids is 1. The molecule has 0 radical (unpaired) electrons. The molecule has 1 aliphatic rings. The van der Waals surface area contributed by atoms with E-state index in [1.807, 2.05) is 12.1 Å². The molecule has 0 amide bonds. The third-order valence-electron chi connectivity index (χ3n) is 3.36. The lowest BCUT2D eigenvalue weighted by molar-refractivity contribution is -0.143. The molecule has 1 aromatic carbocycles. The second-order valence-corrected chi connectivity index (χ2v) is 5.36. The SMILES string of the molecule is CC(C)Cc1ccc(C2OCCC2C(=O)O)cc1. The lowest BCUT2D eigenvalue weighted by atomic mass is 9.94. The molecule has 3 nitrogen and oxygen atoms in total. The van der Waals surface area contributed by atoms with E-state index in [4.69, 9.17) is 9.84 Å². The largest absolute Gasteiger partial charge is 0.481 e. The molecule has 1 saturated heterocycles. The van der Waals surface area contributed by atoms with Crippen molar-refractivity contribution >= 4 is 5.97 Å². The van der Waals surface area contributed by atoms with Gasteiger partial charge in [-0.3, -0.25) is 4.79 Å². The maximum absolute atomic E-state index is 11.1. The van der Waals surface area contributed by atoms with Crippen LogP contribution < -0.4 is 0 Å². The van der Waals surface area contributed by atoms with E-state index in [9.17, 15) is 4.79 Å². The summed E-state index contributed by atoms with van der Waals surface area (Å²) in [6.45, 7) is 4.91. The molecule has 0 spiro atoms. The molecule has 98 valence electrons. The van der Waals surface area contributed by atoms with E-state index in [0.717, 1.165) is 12.0 Å². The Balaban J connectivity index is 2.11. The van der Waals surface area contributed by atoms with Crippen LogP contribution in [0.2, 0.25) is 0 Å². The Morgan fingerprint density at radius 3 is 2.61 bits per heavy atom. The zero-order chi connectivity index (χ0) is 13.1. The summed E-state index contributed by atoms with van der Waals surface area (Å²) in [7, 11) is 0. The van der Waals surface area contributed by atoms with Gasteiger partial charge in [0.15, 0.2) is 0 Å². The highest BCUT2D eigenvalue weighted by Crippen LogP contribution is 2.34. The highest BCUT2D eigenvalue weighted by Gasteiger charge is 2.34. The minimum Gasteiger partial charge on any atom is -0.481 e. The molecule has 2 atom stereocenters. The minimum absolute atomic E-state index is 0.282. The average Bonchev–Trinajstić information content (AvgIpc) is 2.78. The smallest absolute Gasteiger partial charge is 0.309 e. The Kier molecular flexibility index (Phi) is 4.02. The van der Waals surface area contributed by atoms with Gasteiger partial charge in [0, 0.05) is 6.61 Å². The molecular formula is C15H20O3. The lowest BCUT2D eigenvalue weighted by Gasteiger charge is -2.16. The number of carboxylic acid groups (broad SMARTS) is 1. The van der Waals surface area contributed by atoms with Crippen molar-refractivity contribution in [1.82, 2.24) is 0 Å². The van der Waals surface area contributed by atoms with Crippen molar-refractivity contribution < 1.29 is 14.6 Å². The highest BCUT2D eigenvalue weighted by molar-refractivity contribution is 5.71. The van der Waals surface area contributed by atoms with E-state index in [-0.39, 0.29) is 6.10 Å². The van der Waals surface area contributed by atoms with Gasteiger partial charge >= 0.3 is 5.97 Å². The lowest BCUT2D eigenvalue weighted by Crippen LogP contribution is -2.17. The van der Waals surface area contributed by atoms with Gasteiger partial charge in [-0.05, 0) is 29.9 Å². The van der Waals surface area contributed by atoms with Crippen LogP contribution in [0.15, 0.2) is 24.3 Å². The van der Waals surface area contributed by atoms with Crippen molar-refractivity contribution in [2.75, 3.05) is 6.61 Å². The number of ether oxygens (including phenoxy) is 1. The molecule has 1 aliphatic heterocycles. The number of carboxylic acids is 1. The van der Waals surface area contributed by atoms with Gasteiger partial charge in [-0.25, -0.2) is 0 Å². The molecule has 0 bridgehead atoms. The molecule has 18 heavy (non-hydrogen) atoms. The molecule has 1 fully saturated rings. The first-order chi connectivity index (χ1) is 8.58. The van der Waals surface area contributed by atoms with Crippen molar-refractivity contribution in [1.29, 1.82) is 0 Å². The summed E-state index contributed by atoms with van der Waals surface area (Å²) in [4.78, 5) is 11.1. The quantitative estimate of drug-likeness (QED) is 0.890. The predicted octanol–water partition coefficient (Wildman–Crippen LogP) is 3.05. The van der Waals surface area contributed by atoms with Crippen molar-refractivity contribution in [2.45, 2.75) is 32.8 Å². The number of rotatable bonds is 4. The third-order valence-corrected chi connectivity index (χ3v) is 3.36. The van der Waals surface area contributed by atoms with Crippen LogP contribution in [0.4, 0.5) is 0 Å². The molecule has 1 heterocycles. The van der Waals surface area contributed by atoms with Crippen LogP contribution >= 0.6 is 0 Å². The summed E-state index contributed by atoms with van der Waals surface area (Å²) in [6, 6.07) is 8.17. The van der Waals surface area contributed by atoms with Crippen LogP contribution in [0.3, 0.4) is 0 Å². The topological polar surface area (TPSA) is 46.5 Å². The normalized spacial score (nSPS) is 23.5. The van der Waals surface area contributed by atoms with E-state index in [1.165, 1.54) is 5.56 Å². The Bertz CT molecular complexity index is 408. The molecule has 2 rings (SSSR count). The van der Waals surface area contributed by atoms with Crippen molar-refractivity contribution in [3.05, 3.63) is 35.4 Å². The van der Waals surface area contributed by atoms with E-state index in [2.05, 4.69) is 26.0 Å². The summed E-state index contributed by atoms with van der Waals surface area (Å²) in [5.41, 5.74) is 2.27. The van der Waals surface area contributed by atoms with E-state index in [1.54, 1.807) is 0 Å². The number of hydrogen-bond donors (Lipinski definition) is 1. The first-order valence-corrected chi connectivity index (χ1v) is 6.51. The molecule has 0 aliphatic carbocycles. The summed E-state index contributed by atoms with van der Waals surface area (Å²) >= 11 is 0. The van der Waals surface area contributed by atoms with E-state index >= 15 is 0 Å². The van der Waals surface area contributed by atoms with Crippen LogP contribution in [0, 0.1) is 11.8 Å². The van der Waals surface area contributed by atoms with Gasteiger partial charge in [-0.15, -0.1) is 0 Å². The first kappa shape index (κ1) is 13.1. The molecule has 3 heteroatoms. The molecule has 1 N–H and O–H groups in total. The van der Waals surface area contributed by atoms with Crippen LogP contribution in [0.5, 0.6) is 0 Å². The van der Waals surface area contributed by atoms with Gasteiger partial charge in [0.2, 0.25) is 0 Å².